The number of aromatic nitrogens is 4. The highest BCUT2D eigenvalue weighted by molar-refractivity contribution is 8.00. The number of rotatable bonds is 5. The summed E-state index contributed by atoms with van der Waals surface area (Å²) in [5, 5.41) is 11.3. The largest absolute Gasteiger partial charge is 0.352 e. The topological polar surface area (TPSA) is 98.7 Å². The predicted molar refractivity (Wildman–Crippen MR) is 79.9 cm³/mol. The lowest BCUT2D eigenvalue weighted by Gasteiger charge is -2.10. The standard InChI is InChI=1S/C13H16N6OS/c1-8(12(20)16-10-4-5-10)21-13-18-17-11(19(13)14)9-3-2-6-15-7-9/h2-3,6-8,10H,4-5,14H2,1H3,(H,16,20)/t8-/m0/s1. The number of carbonyl (C=O) groups is 1. The molecule has 2 heterocycles. The third-order valence-electron chi connectivity index (χ3n) is 3.16. The van der Waals surface area contributed by atoms with Crippen molar-refractivity contribution in [3.05, 3.63) is 24.5 Å². The Morgan fingerprint density at radius 3 is 3.00 bits per heavy atom. The fraction of sp³-hybridized carbons (Fsp3) is 0.385. The first-order valence-electron chi connectivity index (χ1n) is 6.73. The zero-order chi connectivity index (χ0) is 14.8. The molecule has 0 bridgehead atoms. The average molecular weight is 304 g/mol. The number of hydrogen-bond donors (Lipinski definition) is 2. The summed E-state index contributed by atoms with van der Waals surface area (Å²) in [6, 6.07) is 4.02. The highest BCUT2D eigenvalue weighted by Crippen LogP contribution is 2.25. The van der Waals surface area contributed by atoms with Crippen LogP contribution < -0.4 is 11.2 Å². The smallest absolute Gasteiger partial charge is 0.233 e. The van der Waals surface area contributed by atoms with Crippen LogP contribution in [0.25, 0.3) is 11.4 Å². The first-order chi connectivity index (χ1) is 10.1. The fourth-order valence-electron chi connectivity index (χ4n) is 1.81. The van der Waals surface area contributed by atoms with Gasteiger partial charge in [-0.2, -0.15) is 0 Å². The molecule has 3 rings (SSSR count). The maximum atomic E-state index is 11.9. The Morgan fingerprint density at radius 2 is 2.33 bits per heavy atom. The van der Waals surface area contributed by atoms with Gasteiger partial charge in [-0.15, -0.1) is 10.2 Å². The number of carbonyl (C=O) groups excluding carboxylic acids is 1. The molecule has 0 saturated heterocycles. The van der Waals surface area contributed by atoms with E-state index in [9.17, 15) is 4.79 Å². The molecule has 110 valence electrons. The molecule has 1 fully saturated rings. The molecule has 2 aromatic rings. The zero-order valence-electron chi connectivity index (χ0n) is 11.6. The minimum absolute atomic E-state index is 0.00780. The summed E-state index contributed by atoms with van der Waals surface area (Å²) in [4.78, 5) is 16.0. The summed E-state index contributed by atoms with van der Waals surface area (Å²) in [7, 11) is 0. The van der Waals surface area contributed by atoms with E-state index in [1.165, 1.54) is 16.4 Å². The van der Waals surface area contributed by atoms with E-state index in [-0.39, 0.29) is 11.2 Å². The van der Waals surface area contributed by atoms with Gasteiger partial charge in [-0.25, -0.2) is 4.68 Å². The van der Waals surface area contributed by atoms with Crippen LogP contribution in [0.1, 0.15) is 19.8 Å². The van der Waals surface area contributed by atoms with Crippen molar-refractivity contribution in [1.29, 1.82) is 0 Å². The van der Waals surface area contributed by atoms with Crippen molar-refractivity contribution in [2.75, 3.05) is 5.84 Å². The van der Waals surface area contributed by atoms with Gasteiger partial charge in [0, 0.05) is 24.0 Å². The number of amides is 1. The van der Waals surface area contributed by atoms with Gasteiger partial charge >= 0.3 is 0 Å². The summed E-state index contributed by atoms with van der Waals surface area (Å²) in [6.07, 6.45) is 5.49. The van der Waals surface area contributed by atoms with E-state index in [1.807, 2.05) is 19.1 Å². The van der Waals surface area contributed by atoms with E-state index in [4.69, 9.17) is 5.84 Å². The quantitative estimate of drug-likeness (QED) is 0.626. The lowest BCUT2D eigenvalue weighted by molar-refractivity contribution is -0.120. The van der Waals surface area contributed by atoms with Crippen LogP contribution in [-0.4, -0.2) is 37.1 Å². The molecule has 1 saturated carbocycles. The molecule has 8 heteroatoms. The Hall–Kier alpha value is -2.09. The molecule has 0 radical (unpaired) electrons. The normalized spacial score (nSPS) is 15.7. The van der Waals surface area contributed by atoms with Gasteiger partial charge in [0.1, 0.15) is 0 Å². The number of nitrogens with zero attached hydrogens (tertiary/aromatic N) is 4. The van der Waals surface area contributed by atoms with E-state index in [1.54, 1.807) is 12.4 Å². The number of pyridine rings is 1. The molecule has 1 aliphatic rings. The van der Waals surface area contributed by atoms with Crippen molar-refractivity contribution in [3.8, 4) is 11.4 Å². The number of nitrogens with two attached hydrogens (primary N) is 1. The molecular formula is C13H16N6OS. The summed E-state index contributed by atoms with van der Waals surface area (Å²) in [5.74, 6) is 6.54. The Kier molecular flexibility index (Phi) is 3.78. The van der Waals surface area contributed by atoms with Gasteiger partial charge in [0.25, 0.3) is 0 Å². The predicted octanol–water partition coefficient (Wildman–Crippen LogP) is 0.813. The average Bonchev–Trinajstić information content (AvgIpc) is 3.24. The van der Waals surface area contributed by atoms with Gasteiger partial charge in [-0.3, -0.25) is 9.78 Å². The minimum Gasteiger partial charge on any atom is -0.352 e. The highest BCUT2D eigenvalue weighted by atomic mass is 32.2. The maximum Gasteiger partial charge on any atom is 0.233 e. The number of hydrogen-bond acceptors (Lipinski definition) is 6. The van der Waals surface area contributed by atoms with Gasteiger partial charge in [0.05, 0.1) is 5.25 Å². The van der Waals surface area contributed by atoms with E-state index in [0.29, 0.717) is 17.0 Å². The summed E-state index contributed by atoms with van der Waals surface area (Å²) in [6.45, 7) is 1.83. The minimum atomic E-state index is -0.265. The van der Waals surface area contributed by atoms with Crippen molar-refractivity contribution in [1.82, 2.24) is 25.2 Å². The van der Waals surface area contributed by atoms with Crippen molar-refractivity contribution in [2.45, 2.75) is 36.2 Å². The Bertz CT molecular complexity index is 639. The van der Waals surface area contributed by atoms with Gasteiger partial charge in [0.15, 0.2) is 5.82 Å². The van der Waals surface area contributed by atoms with Crippen LogP contribution in [0.3, 0.4) is 0 Å². The Labute approximate surface area is 126 Å². The number of nitrogen functional groups attached to an aromatic ring is 1. The Morgan fingerprint density at radius 1 is 1.52 bits per heavy atom. The number of thioether (sulfide) groups is 1. The second-order valence-corrected chi connectivity index (χ2v) is 6.27. The van der Waals surface area contributed by atoms with Crippen molar-refractivity contribution in [2.24, 2.45) is 0 Å². The Balaban J connectivity index is 1.71. The monoisotopic (exact) mass is 304 g/mol. The van der Waals surface area contributed by atoms with Crippen molar-refractivity contribution < 1.29 is 4.79 Å². The van der Waals surface area contributed by atoms with Gasteiger partial charge in [-0.1, -0.05) is 11.8 Å². The van der Waals surface area contributed by atoms with Crippen LogP contribution in [-0.2, 0) is 4.79 Å². The first kappa shape index (κ1) is 13.9. The lowest BCUT2D eigenvalue weighted by atomic mass is 10.3. The number of nitrogens with one attached hydrogen (secondary N) is 1. The third-order valence-corrected chi connectivity index (χ3v) is 4.22. The third kappa shape index (κ3) is 3.15. The molecule has 0 spiro atoms. The molecule has 21 heavy (non-hydrogen) atoms. The molecule has 0 unspecified atom stereocenters. The van der Waals surface area contributed by atoms with Crippen LogP contribution in [0.4, 0.5) is 0 Å². The SMILES string of the molecule is C[C@H](Sc1nnc(-c2cccnc2)n1N)C(=O)NC1CC1. The second kappa shape index (κ2) is 5.72. The molecule has 3 N–H and O–H groups in total. The van der Waals surface area contributed by atoms with Crippen molar-refractivity contribution >= 4 is 17.7 Å². The molecule has 2 aromatic heterocycles. The molecule has 1 aliphatic carbocycles. The summed E-state index contributed by atoms with van der Waals surface area (Å²) < 4.78 is 1.39. The summed E-state index contributed by atoms with van der Waals surface area (Å²) in [5.41, 5.74) is 0.787. The molecule has 1 atom stereocenters. The van der Waals surface area contributed by atoms with Gasteiger partial charge < -0.3 is 11.2 Å². The maximum absolute atomic E-state index is 11.9. The lowest BCUT2D eigenvalue weighted by Crippen LogP contribution is -2.32. The van der Waals surface area contributed by atoms with Crippen LogP contribution in [0.2, 0.25) is 0 Å². The van der Waals surface area contributed by atoms with E-state index >= 15 is 0 Å². The highest BCUT2D eigenvalue weighted by Gasteiger charge is 2.27. The molecule has 0 aromatic carbocycles. The van der Waals surface area contributed by atoms with Gasteiger partial charge in [0.2, 0.25) is 11.1 Å². The van der Waals surface area contributed by atoms with Crippen LogP contribution in [0.15, 0.2) is 29.7 Å². The van der Waals surface area contributed by atoms with Crippen LogP contribution in [0.5, 0.6) is 0 Å². The molecule has 7 nitrogen and oxygen atoms in total. The van der Waals surface area contributed by atoms with Crippen molar-refractivity contribution in [3.63, 3.8) is 0 Å². The molecule has 1 amide bonds. The van der Waals surface area contributed by atoms with Gasteiger partial charge in [-0.05, 0) is 31.9 Å². The van der Waals surface area contributed by atoms with E-state index < -0.39 is 0 Å². The first-order valence-corrected chi connectivity index (χ1v) is 7.61. The zero-order valence-corrected chi connectivity index (χ0v) is 12.4. The summed E-state index contributed by atoms with van der Waals surface area (Å²) >= 11 is 1.30. The van der Waals surface area contributed by atoms with Crippen LogP contribution >= 0.6 is 11.8 Å². The second-order valence-electron chi connectivity index (χ2n) is 4.96. The molecular weight excluding hydrogens is 288 g/mol. The molecule has 0 aliphatic heterocycles. The van der Waals surface area contributed by atoms with Crippen LogP contribution in [0, 0.1) is 0 Å². The fourth-order valence-corrected chi connectivity index (χ4v) is 2.59. The van der Waals surface area contributed by atoms with E-state index in [0.717, 1.165) is 18.4 Å². The van der Waals surface area contributed by atoms with E-state index in [2.05, 4.69) is 20.5 Å².